The molecule has 0 fully saturated rings. The van der Waals surface area contributed by atoms with Crippen molar-refractivity contribution >= 4 is 5.97 Å². The molecule has 2 aromatic carbocycles. The third-order valence-corrected chi connectivity index (χ3v) is 2.86. The minimum absolute atomic E-state index is 0.0369. The van der Waals surface area contributed by atoms with Gasteiger partial charge < -0.3 is 9.47 Å². The average molecular weight is 256 g/mol. The standard InChI is InChI=1S/C16H16O3/c1-12(13-6-4-3-5-7-13)19-15-10-8-14(9-11-15)16(17)18-2/h3-12H,1-2H3/t12-/m0/s1. The molecular formula is C16H16O3. The molecule has 2 aromatic rings. The summed E-state index contributed by atoms with van der Waals surface area (Å²) in [6, 6.07) is 16.9. The Morgan fingerprint density at radius 3 is 2.21 bits per heavy atom. The van der Waals surface area contributed by atoms with Gasteiger partial charge in [-0.25, -0.2) is 4.79 Å². The molecule has 0 heterocycles. The van der Waals surface area contributed by atoms with E-state index in [9.17, 15) is 4.79 Å². The number of ether oxygens (including phenoxy) is 2. The Labute approximate surface area is 112 Å². The van der Waals surface area contributed by atoms with E-state index >= 15 is 0 Å². The summed E-state index contributed by atoms with van der Waals surface area (Å²) in [5.41, 5.74) is 1.63. The van der Waals surface area contributed by atoms with E-state index in [0.29, 0.717) is 5.56 Å². The number of hydrogen-bond donors (Lipinski definition) is 0. The smallest absolute Gasteiger partial charge is 0.337 e. The van der Waals surface area contributed by atoms with Crippen LogP contribution in [0.15, 0.2) is 54.6 Å². The lowest BCUT2D eigenvalue weighted by atomic mass is 10.1. The first kappa shape index (κ1) is 13.1. The van der Waals surface area contributed by atoms with Gasteiger partial charge in [0, 0.05) is 0 Å². The highest BCUT2D eigenvalue weighted by molar-refractivity contribution is 5.89. The van der Waals surface area contributed by atoms with Crippen molar-refractivity contribution in [1.29, 1.82) is 0 Å². The average Bonchev–Trinajstić information content (AvgIpc) is 2.48. The van der Waals surface area contributed by atoms with E-state index in [1.54, 1.807) is 24.3 Å². The van der Waals surface area contributed by atoms with Crippen LogP contribution < -0.4 is 4.74 Å². The largest absolute Gasteiger partial charge is 0.486 e. The summed E-state index contributed by atoms with van der Waals surface area (Å²) in [6.07, 6.45) is -0.0369. The van der Waals surface area contributed by atoms with Crippen LogP contribution in [-0.4, -0.2) is 13.1 Å². The minimum atomic E-state index is -0.345. The Balaban J connectivity index is 2.06. The van der Waals surface area contributed by atoms with Crippen LogP contribution in [0.4, 0.5) is 0 Å². The maximum absolute atomic E-state index is 11.3. The van der Waals surface area contributed by atoms with E-state index in [1.807, 2.05) is 37.3 Å². The van der Waals surface area contributed by atoms with Crippen molar-refractivity contribution in [1.82, 2.24) is 0 Å². The molecule has 0 aliphatic rings. The molecule has 0 unspecified atom stereocenters. The summed E-state index contributed by atoms with van der Waals surface area (Å²) >= 11 is 0. The van der Waals surface area contributed by atoms with Crippen LogP contribution in [0.5, 0.6) is 5.75 Å². The summed E-state index contributed by atoms with van der Waals surface area (Å²) in [6.45, 7) is 1.99. The van der Waals surface area contributed by atoms with Crippen molar-refractivity contribution in [2.45, 2.75) is 13.0 Å². The summed E-state index contributed by atoms with van der Waals surface area (Å²) in [5.74, 6) is 0.381. The number of methoxy groups -OCH3 is 1. The summed E-state index contributed by atoms with van der Waals surface area (Å²) < 4.78 is 10.5. The van der Waals surface area contributed by atoms with Crippen LogP contribution >= 0.6 is 0 Å². The van der Waals surface area contributed by atoms with Crippen molar-refractivity contribution in [3.8, 4) is 5.75 Å². The molecule has 19 heavy (non-hydrogen) atoms. The fraction of sp³-hybridized carbons (Fsp3) is 0.188. The van der Waals surface area contributed by atoms with Gasteiger partial charge in [0.25, 0.3) is 0 Å². The molecule has 1 atom stereocenters. The highest BCUT2D eigenvalue weighted by Crippen LogP contribution is 2.21. The van der Waals surface area contributed by atoms with Gasteiger partial charge in [-0.1, -0.05) is 30.3 Å². The van der Waals surface area contributed by atoms with Crippen molar-refractivity contribution in [3.63, 3.8) is 0 Å². The van der Waals surface area contributed by atoms with Gasteiger partial charge in [-0.05, 0) is 36.8 Å². The molecule has 3 heteroatoms. The number of carbonyl (C=O) groups excluding carboxylic acids is 1. The molecule has 3 nitrogen and oxygen atoms in total. The van der Waals surface area contributed by atoms with E-state index < -0.39 is 0 Å². The Morgan fingerprint density at radius 2 is 1.63 bits per heavy atom. The number of esters is 1. The van der Waals surface area contributed by atoms with Gasteiger partial charge in [0.1, 0.15) is 11.9 Å². The molecule has 0 N–H and O–H groups in total. The zero-order chi connectivity index (χ0) is 13.7. The molecule has 0 aliphatic carbocycles. The monoisotopic (exact) mass is 256 g/mol. The van der Waals surface area contributed by atoms with Gasteiger partial charge in [0.2, 0.25) is 0 Å². The Bertz CT molecular complexity index is 532. The van der Waals surface area contributed by atoms with Crippen LogP contribution in [0.2, 0.25) is 0 Å². The lowest BCUT2D eigenvalue weighted by molar-refractivity contribution is 0.0600. The second-order valence-corrected chi connectivity index (χ2v) is 4.19. The summed E-state index contributed by atoms with van der Waals surface area (Å²) in [5, 5.41) is 0. The maximum Gasteiger partial charge on any atom is 0.337 e. The first-order chi connectivity index (χ1) is 9.20. The second-order valence-electron chi connectivity index (χ2n) is 4.19. The van der Waals surface area contributed by atoms with Crippen LogP contribution in [0.1, 0.15) is 28.9 Å². The third-order valence-electron chi connectivity index (χ3n) is 2.86. The lowest BCUT2D eigenvalue weighted by Crippen LogP contribution is -2.04. The summed E-state index contributed by atoms with van der Waals surface area (Å²) in [4.78, 5) is 11.3. The van der Waals surface area contributed by atoms with E-state index in [-0.39, 0.29) is 12.1 Å². The van der Waals surface area contributed by atoms with Gasteiger partial charge in [-0.3, -0.25) is 0 Å². The molecule has 0 saturated heterocycles. The zero-order valence-electron chi connectivity index (χ0n) is 11.0. The maximum atomic E-state index is 11.3. The van der Waals surface area contributed by atoms with Crippen LogP contribution in [-0.2, 0) is 4.74 Å². The number of benzene rings is 2. The van der Waals surface area contributed by atoms with Gasteiger partial charge in [0.15, 0.2) is 0 Å². The van der Waals surface area contributed by atoms with E-state index in [4.69, 9.17) is 4.74 Å². The highest BCUT2D eigenvalue weighted by atomic mass is 16.5. The van der Waals surface area contributed by atoms with Crippen molar-refractivity contribution in [2.75, 3.05) is 7.11 Å². The van der Waals surface area contributed by atoms with Crippen LogP contribution in [0, 0.1) is 0 Å². The highest BCUT2D eigenvalue weighted by Gasteiger charge is 2.08. The molecule has 0 spiro atoms. The topological polar surface area (TPSA) is 35.5 Å². The molecule has 98 valence electrons. The molecule has 0 radical (unpaired) electrons. The molecule has 0 amide bonds. The normalized spacial score (nSPS) is 11.7. The molecule has 2 rings (SSSR count). The fourth-order valence-electron chi connectivity index (χ4n) is 1.78. The van der Waals surface area contributed by atoms with Gasteiger partial charge >= 0.3 is 5.97 Å². The van der Waals surface area contributed by atoms with Crippen molar-refractivity contribution in [3.05, 3.63) is 65.7 Å². The predicted molar refractivity (Wildman–Crippen MR) is 73.3 cm³/mol. The van der Waals surface area contributed by atoms with Crippen molar-refractivity contribution < 1.29 is 14.3 Å². The van der Waals surface area contributed by atoms with E-state index in [2.05, 4.69) is 4.74 Å². The Hall–Kier alpha value is -2.29. The van der Waals surface area contributed by atoms with E-state index in [1.165, 1.54) is 7.11 Å². The Morgan fingerprint density at radius 1 is 1.00 bits per heavy atom. The van der Waals surface area contributed by atoms with Crippen LogP contribution in [0.25, 0.3) is 0 Å². The SMILES string of the molecule is COC(=O)c1ccc(O[C@@H](C)c2ccccc2)cc1. The zero-order valence-corrected chi connectivity index (χ0v) is 11.0. The number of rotatable bonds is 4. The lowest BCUT2D eigenvalue weighted by Gasteiger charge is -2.15. The molecule has 0 aliphatic heterocycles. The van der Waals surface area contributed by atoms with Crippen LogP contribution in [0.3, 0.4) is 0 Å². The molecule has 0 bridgehead atoms. The van der Waals surface area contributed by atoms with Gasteiger partial charge in [-0.2, -0.15) is 0 Å². The van der Waals surface area contributed by atoms with E-state index in [0.717, 1.165) is 11.3 Å². The molecular weight excluding hydrogens is 240 g/mol. The quantitative estimate of drug-likeness (QED) is 0.784. The molecule has 0 saturated carbocycles. The first-order valence-corrected chi connectivity index (χ1v) is 6.10. The summed E-state index contributed by atoms with van der Waals surface area (Å²) in [7, 11) is 1.37. The predicted octanol–water partition coefficient (Wildman–Crippen LogP) is 3.61. The minimum Gasteiger partial charge on any atom is -0.486 e. The molecule has 0 aromatic heterocycles. The van der Waals surface area contributed by atoms with Gasteiger partial charge in [-0.15, -0.1) is 0 Å². The second kappa shape index (κ2) is 6.05. The van der Waals surface area contributed by atoms with Gasteiger partial charge in [0.05, 0.1) is 12.7 Å². The van der Waals surface area contributed by atoms with Crippen molar-refractivity contribution in [2.24, 2.45) is 0 Å². The number of carbonyl (C=O) groups is 1. The fourth-order valence-corrected chi connectivity index (χ4v) is 1.78. The first-order valence-electron chi connectivity index (χ1n) is 6.10. The third kappa shape index (κ3) is 3.35. The Kier molecular flexibility index (Phi) is 4.18. The number of hydrogen-bond acceptors (Lipinski definition) is 3.